The average molecular weight is 264 g/mol. The van der Waals surface area contributed by atoms with Crippen LogP contribution in [0.3, 0.4) is 0 Å². The maximum atomic E-state index is 11.7. The molecule has 1 heterocycles. The fourth-order valence-electron chi connectivity index (χ4n) is 2.01. The van der Waals surface area contributed by atoms with Crippen LogP contribution in [0.25, 0.3) is 0 Å². The number of ether oxygens (including phenoxy) is 2. The minimum atomic E-state index is 0.0239. The normalized spacial score (nSPS) is 16.0. The number of carbonyl (C=O) groups excluding carboxylic acids is 1. The SMILES string of the molecule is Nc1cccc(OCCC(=O)NC2CCOCC2)c1. The molecule has 0 saturated carbocycles. The van der Waals surface area contributed by atoms with Gasteiger partial charge in [-0.05, 0) is 25.0 Å². The van der Waals surface area contributed by atoms with Crippen molar-refractivity contribution >= 4 is 11.6 Å². The van der Waals surface area contributed by atoms with Gasteiger partial charge in [0, 0.05) is 31.0 Å². The predicted molar refractivity (Wildman–Crippen MR) is 73.0 cm³/mol. The van der Waals surface area contributed by atoms with Gasteiger partial charge in [-0.25, -0.2) is 0 Å². The zero-order valence-corrected chi connectivity index (χ0v) is 10.9. The minimum Gasteiger partial charge on any atom is -0.493 e. The summed E-state index contributed by atoms with van der Waals surface area (Å²) in [6, 6.07) is 7.44. The standard InChI is InChI=1S/C14H20N2O3/c15-11-2-1-3-13(10-11)19-9-6-14(17)16-12-4-7-18-8-5-12/h1-3,10,12H,4-9,15H2,(H,16,17). The number of rotatable bonds is 5. The number of hydrogen-bond acceptors (Lipinski definition) is 4. The van der Waals surface area contributed by atoms with Crippen LogP contribution in [-0.2, 0) is 9.53 Å². The molecule has 0 atom stereocenters. The van der Waals surface area contributed by atoms with Gasteiger partial charge < -0.3 is 20.5 Å². The van der Waals surface area contributed by atoms with E-state index in [2.05, 4.69) is 5.32 Å². The van der Waals surface area contributed by atoms with Crippen LogP contribution < -0.4 is 15.8 Å². The van der Waals surface area contributed by atoms with E-state index in [9.17, 15) is 4.79 Å². The summed E-state index contributed by atoms with van der Waals surface area (Å²) in [5, 5.41) is 2.99. The molecule has 1 saturated heterocycles. The summed E-state index contributed by atoms with van der Waals surface area (Å²) in [7, 11) is 0. The molecule has 3 N–H and O–H groups in total. The lowest BCUT2D eigenvalue weighted by atomic mass is 10.1. The highest BCUT2D eigenvalue weighted by Gasteiger charge is 2.15. The van der Waals surface area contributed by atoms with Crippen LogP contribution >= 0.6 is 0 Å². The molecule has 1 aliphatic heterocycles. The van der Waals surface area contributed by atoms with E-state index in [4.69, 9.17) is 15.2 Å². The number of nitrogens with one attached hydrogen (secondary N) is 1. The fraction of sp³-hybridized carbons (Fsp3) is 0.500. The van der Waals surface area contributed by atoms with Crippen LogP contribution in [0.1, 0.15) is 19.3 Å². The number of amides is 1. The van der Waals surface area contributed by atoms with Crippen LogP contribution in [0.4, 0.5) is 5.69 Å². The van der Waals surface area contributed by atoms with Gasteiger partial charge in [-0.1, -0.05) is 6.07 Å². The van der Waals surface area contributed by atoms with Crippen molar-refractivity contribution in [2.45, 2.75) is 25.3 Å². The van der Waals surface area contributed by atoms with Gasteiger partial charge in [-0.15, -0.1) is 0 Å². The summed E-state index contributed by atoms with van der Waals surface area (Å²) in [5.74, 6) is 0.717. The molecule has 104 valence electrons. The van der Waals surface area contributed by atoms with Crippen molar-refractivity contribution in [3.05, 3.63) is 24.3 Å². The van der Waals surface area contributed by atoms with Crippen molar-refractivity contribution in [1.29, 1.82) is 0 Å². The maximum Gasteiger partial charge on any atom is 0.223 e. The molecule has 5 heteroatoms. The lowest BCUT2D eigenvalue weighted by Crippen LogP contribution is -2.39. The Balaban J connectivity index is 1.66. The predicted octanol–water partition coefficient (Wildman–Crippen LogP) is 1.33. The van der Waals surface area contributed by atoms with Gasteiger partial charge in [0.25, 0.3) is 0 Å². The van der Waals surface area contributed by atoms with Gasteiger partial charge in [0.1, 0.15) is 5.75 Å². The number of nitrogen functional groups attached to an aromatic ring is 1. The van der Waals surface area contributed by atoms with Gasteiger partial charge in [-0.2, -0.15) is 0 Å². The summed E-state index contributed by atoms with van der Waals surface area (Å²) in [6.07, 6.45) is 2.13. The molecule has 0 radical (unpaired) electrons. The summed E-state index contributed by atoms with van der Waals surface area (Å²) in [6.45, 7) is 1.81. The second-order valence-corrected chi connectivity index (χ2v) is 4.63. The van der Waals surface area contributed by atoms with E-state index in [1.165, 1.54) is 0 Å². The molecule has 0 unspecified atom stereocenters. The van der Waals surface area contributed by atoms with Crippen LogP contribution in [-0.4, -0.2) is 31.8 Å². The molecule has 0 aromatic heterocycles. The lowest BCUT2D eigenvalue weighted by Gasteiger charge is -2.23. The van der Waals surface area contributed by atoms with Gasteiger partial charge in [0.15, 0.2) is 0 Å². The van der Waals surface area contributed by atoms with E-state index in [1.54, 1.807) is 12.1 Å². The van der Waals surface area contributed by atoms with E-state index < -0.39 is 0 Å². The highest BCUT2D eigenvalue weighted by molar-refractivity contribution is 5.76. The molecular formula is C14H20N2O3. The van der Waals surface area contributed by atoms with Crippen molar-refractivity contribution in [2.24, 2.45) is 0 Å². The molecule has 0 aliphatic carbocycles. The molecule has 19 heavy (non-hydrogen) atoms. The molecule has 1 aliphatic rings. The monoisotopic (exact) mass is 264 g/mol. The lowest BCUT2D eigenvalue weighted by molar-refractivity contribution is -0.122. The number of carbonyl (C=O) groups is 1. The van der Waals surface area contributed by atoms with Crippen LogP contribution in [0.5, 0.6) is 5.75 Å². The van der Waals surface area contributed by atoms with Crippen molar-refractivity contribution in [2.75, 3.05) is 25.6 Å². The van der Waals surface area contributed by atoms with E-state index >= 15 is 0 Å². The highest BCUT2D eigenvalue weighted by Crippen LogP contribution is 2.14. The first kappa shape index (κ1) is 13.7. The summed E-state index contributed by atoms with van der Waals surface area (Å²) in [5.41, 5.74) is 6.30. The molecule has 1 amide bonds. The van der Waals surface area contributed by atoms with Crippen LogP contribution in [0, 0.1) is 0 Å². The van der Waals surface area contributed by atoms with E-state index in [-0.39, 0.29) is 11.9 Å². The number of hydrogen-bond donors (Lipinski definition) is 2. The molecule has 0 spiro atoms. The minimum absolute atomic E-state index is 0.0239. The molecule has 0 bridgehead atoms. The largest absolute Gasteiger partial charge is 0.493 e. The second kappa shape index (κ2) is 6.99. The fourth-order valence-corrected chi connectivity index (χ4v) is 2.01. The van der Waals surface area contributed by atoms with Gasteiger partial charge in [-0.3, -0.25) is 4.79 Å². The molecule has 1 aromatic carbocycles. The highest BCUT2D eigenvalue weighted by atomic mass is 16.5. The van der Waals surface area contributed by atoms with Crippen molar-refractivity contribution in [3.8, 4) is 5.75 Å². The van der Waals surface area contributed by atoms with Crippen molar-refractivity contribution in [1.82, 2.24) is 5.32 Å². The first-order chi connectivity index (χ1) is 9.24. The Labute approximate surface area is 113 Å². The number of benzene rings is 1. The molecular weight excluding hydrogens is 244 g/mol. The topological polar surface area (TPSA) is 73.6 Å². The third-order valence-corrected chi connectivity index (χ3v) is 3.04. The molecule has 5 nitrogen and oxygen atoms in total. The van der Waals surface area contributed by atoms with Crippen molar-refractivity contribution < 1.29 is 14.3 Å². The van der Waals surface area contributed by atoms with E-state index in [0.29, 0.717) is 24.5 Å². The second-order valence-electron chi connectivity index (χ2n) is 4.63. The molecule has 1 fully saturated rings. The molecule has 1 aromatic rings. The zero-order chi connectivity index (χ0) is 13.5. The maximum absolute atomic E-state index is 11.7. The Morgan fingerprint density at radius 1 is 1.42 bits per heavy atom. The van der Waals surface area contributed by atoms with Gasteiger partial charge in [0.2, 0.25) is 5.91 Å². The Hall–Kier alpha value is -1.75. The van der Waals surface area contributed by atoms with Crippen LogP contribution in [0.15, 0.2) is 24.3 Å². The Kier molecular flexibility index (Phi) is 5.03. The number of anilines is 1. The summed E-state index contributed by atoms with van der Waals surface area (Å²) < 4.78 is 10.7. The van der Waals surface area contributed by atoms with E-state index in [1.807, 2.05) is 12.1 Å². The summed E-state index contributed by atoms with van der Waals surface area (Å²) >= 11 is 0. The van der Waals surface area contributed by atoms with E-state index in [0.717, 1.165) is 26.1 Å². The quantitative estimate of drug-likeness (QED) is 0.787. The average Bonchev–Trinajstić information content (AvgIpc) is 2.40. The molecule has 2 rings (SSSR count). The number of nitrogens with two attached hydrogens (primary N) is 1. The van der Waals surface area contributed by atoms with Crippen molar-refractivity contribution in [3.63, 3.8) is 0 Å². The summed E-state index contributed by atoms with van der Waals surface area (Å²) in [4.78, 5) is 11.7. The van der Waals surface area contributed by atoms with Crippen LogP contribution in [0.2, 0.25) is 0 Å². The third-order valence-electron chi connectivity index (χ3n) is 3.04. The Morgan fingerprint density at radius 2 is 2.21 bits per heavy atom. The first-order valence-corrected chi connectivity index (χ1v) is 6.59. The Bertz CT molecular complexity index is 417. The Morgan fingerprint density at radius 3 is 2.95 bits per heavy atom. The third kappa shape index (κ3) is 4.79. The first-order valence-electron chi connectivity index (χ1n) is 6.59. The smallest absolute Gasteiger partial charge is 0.223 e. The van der Waals surface area contributed by atoms with Gasteiger partial charge in [0.05, 0.1) is 13.0 Å². The zero-order valence-electron chi connectivity index (χ0n) is 10.9. The van der Waals surface area contributed by atoms with Gasteiger partial charge >= 0.3 is 0 Å².